The summed E-state index contributed by atoms with van der Waals surface area (Å²) in [7, 11) is 0. The molecule has 0 aliphatic carbocycles. The molecule has 0 heterocycles. The Morgan fingerprint density at radius 1 is 0.556 bits per heavy atom. The number of hydrogen-bond acceptors (Lipinski definition) is 17. The minimum atomic E-state index is -1.29. The Hall–Kier alpha value is -7.71. The van der Waals surface area contributed by atoms with Crippen molar-refractivity contribution in [2.24, 2.45) is 0 Å². The van der Waals surface area contributed by atoms with Crippen LogP contribution in [-0.2, 0) is 40.8 Å². The van der Waals surface area contributed by atoms with Crippen LogP contribution in [0.25, 0.3) is 0 Å². The Kier molecular flexibility index (Phi) is 13.8. The first kappa shape index (κ1) is 39.1. The summed E-state index contributed by atoms with van der Waals surface area (Å²) in [5, 5.41) is 31.2. The molecular weight excluding hydrogens is 724 g/mol. The second-order valence-electron chi connectivity index (χ2n) is 10.8. The topological polar surface area (TPSA) is 266 Å². The molecule has 1 atom stereocenters. The van der Waals surface area contributed by atoms with E-state index in [0.29, 0.717) is 22.3 Å². The molecular formula is C33H28N4O17. The maximum Gasteiger partial charge on any atom is 0.519 e. The maximum atomic E-state index is 12.9. The molecule has 1 N–H and O–H groups in total. The molecule has 0 aliphatic rings. The zero-order chi connectivity index (χ0) is 39.0. The number of nitrogens with one attached hydrogen (secondary N) is 1. The van der Waals surface area contributed by atoms with Crippen molar-refractivity contribution >= 4 is 18.4 Å². The van der Waals surface area contributed by atoms with Gasteiger partial charge >= 0.3 is 18.4 Å². The minimum Gasteiger partial charge on any atom is -0.410 e. The van der Waals surface area contributed by atoms with Crippen LogP contribution in [-0.4, -0.2) is 39.7 Å². The summed E-state index contributed by atoms with van der Waals surface area (Å²) in [6.07, 6.45) is -3.30. The van der Waals surface area contributed by atoms with Gasteiger partial charge in [0.05, 0.1) is 0 Å². The van der Waals surface area contributed by atoms with Gasteiger partial charge < -0.3 is 43.5 Å². The highest BCUT2D eigenvalue weighted by Crippen LogP contribution is 2.31. The van der Waals surface area contributed by atoms with Gasteiger partial charge in [0.15, 0.2) is 11.5 Å². The number of ether oxygens (including phenoxy) is 5. The van der Waals surface area contributed by atoms with Gasteiger partial charge in [0.2, 0.25) is 0 Å². The third-order valence-corrected chi connectivity index (χ3v) is 6.62. The Labute approximate surface area is 303 Å². The van der Waals surface area contributed by atoms with E-state index in [1.807, 2.05) is 0 Å². The monoisotopic (exact) mass is 752 g/mol. The Bertz CT molecular complexity index is 2010. The molecule has 0 bridgehead atoms. The quantitative estimate of drug-likeness (QED) is 0.0587. The van der Waals surface area contributed by atoms with Crippen LogP contribution >= 0.6 is 0 Å². The standard InChI is InChI=1S/C33H28N4O17/c1-21(34-31(38)50-26-8-2-5-23(14-26)18-47-35(41)42)13-22-11-12-29(53-32(39)51-27-9-3-6-24(15-27)19-48-36(43)44)30(17-22)54-33(40)52-28-10-4-7-25(16-28)20-49-37(45)46/h2-12,14-17,21H,13,18-20H2,1H3,(H,34,38). The first-order chi connectivity index (χ1) is 25.8. The zero-order valence-electron chi connectivity index (χ0n) is 27.8. The third-order valence-electron chi connectivity index (χ3n) is 6.62. The number of carbonyl (C=O) groups excluding carboxylic acids is 3. The molecule has 0 aliphatic heterocycles. The molecule has 0 radical (unpaired) electrons. The number of rotatable bonds is 17. The number of amides is 1. The van der Waals surface area contributed by atoms with Crippen molar-refractivity contribution in [3.8, 4) is 28.7 Å². The summed E-state index contributed by atoms with van der Waals surface area (Å²) in [4.78, 5) is 82.7. The summed E-state index contributed by atoms with van der Waals surface area (Å²) in [5.74, 6) is -0.635. The molecule has 21 nitrogen and oxygen atoms in total. The van der Waals surface area contributed by atoms with Gasteiger partial charge in [0.1, 0.15) is 37.1 Å². The third kappa shape index (κ3) is 13.5. The summed E-state index contributed by atoms with van der Waals surface area (Å²) >= 11 is 0. The Morgan fingerprint density at radius 3 is 1.43 bits per heavy atom. The predicted molar refractivity (Wildman–Crippen MR) is 177 cm³/mol. The highest BCUT2D eigenvalue weighted by atomic mass is 17.0. The average Bonchev–Trinajstić information content (AvgIpc) is 3.10. The van der Waals surface area contributed by atoms with Gasteiger partial charge in [-0.2, -0.15) is 0 Å². The highest BCUT2D eigenvalue weighted by Gasteiger charge is 2.20. The van der Waals surface area contributed by atoms with E-state index in [-0.39, 0.29) is 41.8 Å². The molecule has 0 spiro atoms. The number of carbonyl (C=O) groups is 3. The van der Waals surface area contributed by atoms with Crippen LogP contribution in [0.5, 0.6) is 28.7 Å². The van der Waals surface area contributed by atoms with Crippen LogP contribution < -0.4 is 29.0 Å². The molecule has 54 heavy (non-hydrogen) atoms. The fraction of sp³-hybridized carbons (Fsp3) is 0.182. The van der Waals surface area contributed by atoms with Gasteiger partial charge in [-0.15, -0.1) is 30.3 Å². The molecule has 0 saturated carbocycles. The molecule has 4 aromatic carbocycles. The van der Waals surface area contributed by atoms with Crippen LogP contribution in [0.3, 0.4) is 0 Å². The van der Waals surface area contributed by atoms with E-state index in [2.05, 4.69) is 19.8 Å². The van der Waals surface area contributed by atoms with Crippen molar-refractivity contribution < 1.29 is 67.8 Å². The van der Waals surface area contributed by atoms with Crippen molar-refractivity contribution in [1.82, 2.24) is 5.32 Å². The number of nitrogens with zero attached hydrogens (tertiary/aromatic N) is 3. The van der Waals surface area contributed by atoms with Crippen LogP contribution in [0.1, 0.15) is 29.2 Å². The van der Waals surface area contributed by atoms with Crippen LogP contribution in [0.15, 0.2) is 91.0 Å². The van der Waals surface area contributed by atoms with E-state index in [9.17, 15) is 44.7 Å². The molecule has 0 aromatic heterocycles. The normalized spacial score (nSPS) is 10.8. The van der Waals surface area contributed by atoms with Crippen LogP contribution in [0, 0.1) is 30.3 Å². The summed E-state index contributed by atoms with van der Waals surface area (Å²) in [6.45, 7) is 0.460. The molecule has 4 rings (SSSR count). The first-order valence-electron chi connectivity index (χ1n) is 15.3. The zero-order valence-corrected chi connectivity index (χ0v) is 27.8. The molecule has 1 unspecified atom stereocenters. The lowest BCUT2D eigenvalue weighted by atomic mass is 10.1. The van der Waals surface area contributed by atoms with Crippen molar-refractivity contribution in [3.05, 3.63) is 144 Å². The molecule has 282 valence electrons. The summed E-state index contributed by atoms with van der Waals surface area (Å²) in [6, 6.07) is 20.6. The van der Waals surface area contributed by atoms with Crippen LogP contribution in [0.2, 0.25) is 0 Å². The van der Waals surface area contributed by atoms with Crippen molar-refractivity contribution in [2.75, 3.05) is 0 Å². The van der Waals surface area contributed by atoms with Crippen molar-refractivity contribution in [2.45, 2.75) is 39.2 Å². The molecule has 4 aromatic rings. The van der Waals surface area contributed by atoms with E-state index in [1.54, 1.807) is 13.0 Å². The fourth-order valence-electron chi connectivity index (χ4n) is 4.48. The first-order valence-corrected chi connectivity index (χ1v) is 15.3. The summed E-state index contributed by atoms with van der Waals surface area (Å²) in [5.41, 5.74) is 1.46. The van der Waals surface area contributed by atoms with Crippen LogP contribution in [0.4, 0.5) is 14.4 Å². The lowest BCUT2D eigenvalue weighted by Gasteiger charge is -2.16. The lowest BCUT2D eigenvalue weighted by Crippen LogP contribution is -2.36. The molecule has 0 fully saturated rings. The van der Waals surface area contributed by atoms with E-state index in [4.69, 9.17) is 23.7 Å². The number of hydrogen-bond donors (Lipinski definition) is 1. The molecule has 0 saturated heterocycles. The largest absolute Gasteiger partial charge is 0.519 e. The van der Waals surface area contributed by atoms with E-state index < -0.39 is 52.9 Å². The Balaban J connectivity index is 1.46. The van der Waals surface area contributed by atoms with Crippen molar-refractivity contribution in [1.29, 1.82) is 0 Å². The second-order valence-corrected chi connectivity index (χ2v) is 10.8. The fourth-order valence-corrected chi connectivity index (χ4v) is 4.48. The van der Waals surface area contributed by atoms with E-state index >= 15 is 0 Å². The Morgan fingerprint density at radius 2 is 0.981 bits per heavy atom. The summed E-state index contributed by atoms with van der Waals surface area (Å²) < 4.78 is 26.3. The smallest absolute Gasteiger partial charge is 0.410 e. The van der Waals surface area contributed by atoms with E-state index in [1.165, 1.54) is 84.9 Å². The maximum absolute atomic E-state index is 12.9. The molecule has 1 amide bonds. The van der Waals surface area contributed by atoms with Gasteiger partial charge in [-0.1, -0.05) is 42.5 Å². The van der Waals surface area contributed by atoms with Gasteiger partial charge in [-0.3, -0.25) is 0 Å². The SMILES string of the molecule is CC(Cc1ccc(OC(=O)Oc2cccc(CO[N+](=O)[O-])c2)c(OC(=O)Oc2cccc(CO[N+](=O)[O-])c2)c1)NC(=O)Oc1cccc(CO[N+](=O)[O-])c1. The van der Waals surface area contributed by atoms with Gasteiger partial charge in [-0.05, 0) is 84.1 Å². The number of benzene rings is 4. The van der Waals surface area contributed by atoms with Crippen molar-refractivity contribution in [3.63, 3.8) is 0 Å². The lowest BCUT2D eigenvalue weighted by molar-refractivity contribution is -0.763. The second kappa shape index (κ2) is 19.1. The van der Waals surface area contributed by atoms with E-state index in [0.717, 1.165) is 0 Å². The highest BCUT2D eigenvalue weighted by molar-refractivity contribution is 5.72. The van der Waals surface area contributed by atoms with Gasteiger partial charge in [0.25, 0.3) is 15.3 Å². The van der Waals surface area contributed by atoms with Gasteiger partial charge in [0, 0.05) is 6.04 Å². The average molecular weight is 753 g/mol. The predicted octanol–water partition coefficient (Wildman–Crippen LogP) is 5.69. The molecule has 21 heteroatoms. The minimum absolute atomic E-state index is 0.0488. The van der Waals surface area contributed by atoms with Gasteiger partial charge in [-0.25, -0.2) is 14.4 Å².